The summed E-state index contributed by atoms with van der Waals surface area (Å²) in [5.41, 5.74) is 0.842. The zero-order valence-electron chi connectivity index (χ0n) is 9.44. The first kappa shape index (κ1) is 12.1. The highest BCUT2D eigenvalue weighted by molar-refractivity contribution is 5.11. The number of pyridine rings is 1. The van der Waals surface area contributed by atoms with E-state index < -0.39 is 0 Å². The van der Waals surface area contributed by atoms with Crippen LogP contribution in [0.5, 0.6) is 0 Å². The summed E-state index contributed by atoms with van der Waals surface area (Å²) in [5, 5.41) is 9.60. The minimum Gasteiger partial charge on any atom is -0.393 e. The maximum absolute atomic E-state index is 12.9. The van der Waals surface area contributed by atoms with Crippen molar-refractivity contribution in [2.24, 2.45) is 11.8 Å². The summed E-state index contributed by atoms with van der Waals surface area (Å²) in [4.78, 5) is 3.80. The van der Waals surface area contributed by atoms with Crippen LogP contribution in [0.25, 0.3) is 0 Å². The Hall–Kier alpha value is -0.960. The third-order valence-corrected chi connectivity index (χ3v) is 2.71. The van der Waals surface area contributed by atoms with Crippen molar-refractivity contribution in [1.82, 2.24) is 4.98 Å². The third kappa shape index (κ3) is 3.59. The molecule has 0 spiro atoms. The van der Waals surface area contributed by atoms with Crippen LogP contribution in [0.2, 0.25) is 0 Å². The predicted octanol–water partition coefficient (Wildman–Crippen LogP) is 2.42. The van der Waals surface area contributed by atoms with Crippen LogP contribution in [-0.4, -0.2) is 16.2 Å². The monoisotopic (exact) mass is 211 g/mol. The van der Waals surface area contributed by atoms with E-state index in [-0.39, 0.29) is 17.8 Å². The van der Waals surface area contributed by atoms with Crippen molar-refractivity contribution in [1.29, 1.82) is 0 Å². The van der Waals surface area contributed by atoms with Gasteiger partial charge in [-0.15, -0.1) is 0 Å². The first-order chi connectivity index (χ1) is 7.00. The van der Waals surface area contributed by atoms with Gasteiger partial charge in [0.15, 0.2) is 0 Å². The molecule has 2 nitrogen and oxygen atoms in total. The molecular weight excluding hydrogens is 193 g/mol. The smallest absolute Gasteiger partial charge is 0.141 e. The summed E-state index contributed by atoms with van der Waals surface area (Å²) < 4.78 is 12.9. The van der Waals surface area contributed by atoms with Gasteiger partial charge in [0.2, 0.25) is 0 Å². The molecule has 0 saturated heterocycles. The lowest BCUT2D eigenvalue weighted by Crippen LogP contribution is -2.24. The standard InChI is InChI=1S/C12H18FNO/c1-8(2)12(9(3)15)5-10-4-11(13)7-14-6-10/h4,6-9,12,15H,5H2,1-3H3. The molecule has 0 saturated carbocycles. The zero-order chi connectivity index (χ0) is 11.4. The molecule has 0 aliphatic carbocycles. The number of nitrogens with zero attached hydrogens (tertiary/aromatic N) is 1. The fraction of sp³-hybridized carbons (Fsp3) is 0.583. The van der Waals surface area contributed by atoms with Crippen molar-refractivity contribution in [3.63, 3.8) is 0 Å². The summed E-state index contributed by atoms with van der Waals surface area (Å²) in [6, 6.07) is 1.48. The number of hydrogen-bond acceptors (Lipinski definition) is 2. The molecule has 2 atom stereocenters. The maximum atomic E-state index is 12.9. The minimum atomic E-state index is -0.381. The first-order valence-electron chi connectivity index (χ1n) is 5.28. The molecule has 1 N–H and O–H groups in total. The Morgan fingerprint density at radius 2 is 2.00 bits per heavy atom. The molecule has 0 bridgehead atoms. The summed E-state index contributed by atoms with van der Waals surface area (Å²) in [6.07, 6.45) is 3.13. The highest BCUT2D eigenvalue weighted by atomic mass is 19.1. The van der Waals surface area contributed by atoms with Crippen molar-refractivity contribution < 1.29 is 9.50 Å². The number of hydrogen-bond donors (Lipinski definition) is 1. The summed E-state index contributed by atoms with van der Waals surface area (Å²) in [6.45, 7) is 5.89. The molecule has 0 fully saturated rings. The van der Waals surface area contributed by atoms with E-state index in [9.17, 15) is 9.50 Å². The minimum absolute atomic E-state index is 0.147. The SMILES string of the molecule is CC(C)C(Cc1cncc(F)c1)C(C)O. The quantitative estimate of drug-likeness (QED) is 0.829. The molecule has 0 aliphatic rings. The van der Waals surface area contributed by atoms with Crippen molar-refractivity contribution in [3.8, 4) is 0 Å². The molecule has 1 aromatic heterocycles. The van der Waals surface area contributed by atoms with Gasteiger partial charge in [0.1, 0.15) is 5.82 Å². The number of aliphatic hydroxyl groups is 1. The second kappa shape index (κ2) is 5.21. The number of halogens is 1. The van der Waals surface area contributed by atoms with E-state index in [0.717, 1.165) is 5.56 Å². The van der Waals surface area contributed by atoms with Crippen molar-refractivity contribution in [2.45, 2.75) is 33.3 Å². The van der Waals surface area contributed by atoms with Gasteiger partial charge in [-0.25, -0.2) is 4.39 Å². The topological polar surface area (TPSA) is 33.1 Å². The molecule has 1 rings (SSSR count). The lowest BCUT2D eigenvalue weighted by molar-refractivity contribution is 0.0976. The Balaban J connectivity index is 2.74. The first-order valence-corrected chi connectivity index (χ1v) is 5.28. The van der Waals surface area contributed by atoms with E-state index in [0.29, 0.717) is 12.3 Å². The van der Waals surface area contributed by atoms with Gasteiger partial charge < -0.3 is 5.11 Å². The normalized spacial score (nSPS) is 15.3. The van der Waals surface area contributed by atoms with E-state index in [1.807, 2.05) is 0 Å². The molecule has 2 unspecified atom stereocenters. The Morgan fingerprint density at radius 1 is 1.33 bits per heavy atom. The van der Waals surface area contributed by atoms with Gasteiger partial charge >= 0.3 is 0 Å². The van der Waals surface area contributed by atoms with Crippen LogP contribution in [0.1, 0.15) is 26.3 Å². The highest BCUT2D eigenvalue weighted by Gasteiger charge is 2.19. The molecule has 84 valence electrons. The summed E-state index contributed by atoms with van der Waals surface area (Å²) in [7, 11) is 0. The highest BCUT2D eigenvalue weighted by Crippen LogP contribution is 2.20. The number of rotatable bonds is 4. The van der Waals surface area contributed by atoms with Crippen LogP contribution in [0.3, 0.4) is 0 Å². The van der Waals surface area contributed by atoms with E-state index in [1.54, 1.807) is 13.1 Å². The Kier molecular flexibility index (Phi) is 4.21. The fourth-order valence-corrected chi connectivity index (χ4v) is 1.80. The van der Waals surface area contributed by atoms with Gasteiger partial charge in [-0.3, -0.25) is 4.98 Å². The van der Waals surface area contributed by atoms with Gasteiger partial charge in [-0.05, 0) is 36.8 Å². The second-order valence-electron chi connectivity index (χ2n) is 4.36. The zero-order valence-corrected chi connectivity index (χ0v) is 9.44. The van der Waals surface area contributed by atoms with Gasteiger partial charge in [0.25, 0.3) is 0 Å². The van der Waals surface area contributed by atoms with Crippen molar-refractivity contribution in [3.05, 3.63) is 29.8 Å². The molecule has 0 aromatic carbocycles. The van der Waals surface area contributed by atoms with E-state index in [4.69, 9.17) is 0 Å². The molecular formula is C12H18FNO. The van der Waals surface area contributed by atoms with Gasteiger partial charge in [0.05, 0.1) is 12.3 Å². The molecule has 15 heavy (non-hydrogen) atoms. The van der Waals surface area contributed by atoms with Crippen molar-refractivity contribution >= 4 is 0 Å². The Morgan fingerprint density at radius 3 is 2.47 bits per heavy atom. The largest absolute Gasteiger partial charge is 0.393 e. The Labute approximate surface area is 90.2 Å². The molecule has 0 amide bonds. The predicted molar refractivity (Wildman–Crippen MR) is 57.9 cm³/mol. The van der Waals surface area contributed by atoms with Crippen LogP contribution in [0, 0.1) is 17.7 Å². The molecule has 0 radical (unpaired) electrons. The lowest BCUT2D eigenvalue weighted by atomic mass is 9.86. The van der Waals surface area contributed by atoms with Gasteiger partial charge in [-0.1, -0.05) is 13.8 Å². The maximum Gasteiger partial charge on any atom is 0.141 e. The van der Waals surface area contributed by atoms with E-state index in [2.05, 4.69) is 18.8 Å². The third-order valence-electron chi connectivity index (χ3n) is 2.71. The average Bonchev–Trinajstić information content (AvgIpc) is 2.13. The second-order valence-corrected chi connectivity index (χ2v) is 4.36. The van der Waals surface area contributed by atoms with E-state index >= 15 is 0 Å². The van der Waals surface area contributed by atoms with Crippen LogP contribution < -0.4 is 0 Å². The Bertz CT molecular complexity index is 304. The van der Waals surface area contributed by atoms with Crippen molar-refractivity contribution in [2.75, 3.05) is 0 Å². The van der Waals surface area contributed by atoms with E-state index in [1.165, 1.54) is 12.3 Å². The number of aliphatic hydroxyl groups excluding tert-OH is 1. The van der Waals surface area contributed by atoms with Crippen LogP contribution >= 0.6 is 0 Å². The van der Waals surface area contributed by atoms with Gasteiger partial charge in [0, 0.05) is 6.20 Å². The fourth-order valence-electron chi connectivity index (χ4n) is 1.80. The molecule has 1 heterocycles. The summed E-state index contributed by atoms with van der Waals surface area (Å²) in [5.74, 6) is 0.197. The van der Waals surface area contributed by atoms with Crippen LogP contribution in [0.4, 0.5) is 4.39 Å². The molecule has 0 aliphatic heterocycles. The van der Waals surface area contributed by atoms with Crippen LogP contribution in [-0.2, 0) is 6.42 Å². The lowest BCUT2D eigenvalue weighted by Gasteiger charge is -2.23. The molecule has 3 heteroatoms. The summed E-state index contributed by atoms with van der Waals surface area (Å²) >= 11 is 0. The average molecular weight is 211 g/mol. The van der Waals surface area contributed by atoms with Crippen LogP contribution in [0.15, 0.2) is 18.5 Å². The number of aromatic nitrogens is 1. The molecule has 1 aromatic rings. The van der Waals surface area contributed by atoms with Gasteiger partial charge in [-0.2, -0.15) is 0 Å².